The molecule has 1 atom stereocenters. The molecule has 1 N–H and O–H groups in total. The first kappa shape index (κ1) is 16.3. The molecule has 0 radical (unpaired) electrons. The molecule has 21 heavy (non-hydrogen) atoms. The fourth-order valence-corrected chi connectivity index (χ4v) is 2.88. The third-order valence-electron chi connectivity index (χ3n) is 4.04. The van der Waals surface area contributed by atoms with Crippen molar-refractivity contribution in [1.82, 2.24) is 10.2 Å². The minimum absolute atomic E-state index is 0.00664. The van der Waals surface area contributed by atoms with Gasteiger partial charge in [-0.25, -0.2) is 0 Å². The van der Waals surface area contributed by atoms with Crippen molar-refractivity contribution >= 4 is 0 Å². The fourth-order valence-electron chi connectivity index (χ4n) is 2.88. The number of halogens is 3. The molecule has 0 amide bonds. The van der Waals surface area contributed by atoms with Crippen LogP contribution in [0.4, 0.5) is 13.2 Å². The van der Waals surface area contributed by atoms with Gasteiger partial charge in [0.25, 0.3) is 0 Å². The summed E-state index contributed by atoms with van der Waals surface area (Å²) in [5, 5.41) is 3.49. The maximum atomic E-state index is 12.8. The van der Waals surface area contributed by atoms with Crippen molar-refractivity contribution in [3.05, 3.63) is 35.4 Å². The Kier molecular flexibility index (Phi) is 4.63. The first-order valence-corrected chi connectivity index (χ1v) is 7.36. The van der Waals surface area contributed by atoms with Crippen LogP contribution in [0.15, 0.2) is 24.3 Å². The molecule has 1 aromatic carbocycles. The average Bonchev–Trinajstić information content (AvgIpc) is 2.37. The zero-order valence-electron chi connectivity index (χ0n) is 12.8. The molecule has 1 unspecified atom stereocenters. The van der Waals surface area contributed by atoms with Gasteiger partial charge in [-0.3, -0.25) is 4.90 Å². The van der Waals surface area contributed by atoms with Crippen molar-refractivity contribution in [2.24, 2.45) is 0 Å². The summed E-state index contributed by atoms with van der Waals surface area (Å²) < 4.78 is 38.4. The van der Waals surface area contributed by atoms with Crippen LogP contribution in [-0.2, 0) is 12.7 Å². The molecule has 1 heterocycles. The van der Waals surface area contributed by atoms with E-state index in [9.17, 15) is 13.2 Å². The molecular weight excluding hydrogens is 277 g/mol. The van der Waals surface area contributed by atoms with Crippen molar-refractivity contribution in [1.29, 1.82) is 0 Å². The summed E-state index contributed by atoms with van der Waals surface area (Å²) in [6.07, 6.45) is -3.29. The van der Waals surface area contributed by atoms with Crippen molar-refractivity contribution in [2.45, 2.75) is 51.5 Å². The van der Waals surface area contributed by atoms with Gasteiger partial charge in [0, 0.05) is 31.2 Å². The van der Waals surface area contributed by atoms with E-state index in [0.29, 0.717) is 12.6 Å². The summed E-state index contributed by atoms with van der Waals surface area (Å²) in [7, 11) is 0. The molecule has 0 saturated carbocycles. The number of rotatable bonds is 3. The van der Waals surface area contributed by atoms with Gasteiger partial charge >= 0.3 is 6.18 Å². The van der Waals surface area contributed by atoms with E-state index in [2.05, 4.69) is 31.0 Å². The summed E-state index contributed by atoms with van der Waals surface area (Å²) >= 11 is 0. The summed E-state index contributed by atoms with van der Waals surface area (Å²) in [5.41, 5.74) is 0.149. The molecule has 5 heteroatoms. The van der Waals surface area contributed by atoms with E-state index in [1.807, 2.05) is 0 Å². The first-order chi connectivity index (χ1) is 9.71. The SMILES string of the molecule is CCC1CNC(C)(C)CN1Cc1cccc(C(F)(F)F)c1. The van der Waals surface area contributed by atoms with Gasteiger partial charge in [0.1, 0.15) is 0 Å². The Labute approximate surface area is 124 Å². The van der Waals surface area contributed by atoms with Crippen LogP contribution in [0.1, 0.15) is 38.3 Å². The van der Waals surface area contributed by atoms with E-state index in [1.165, 1.54) is 12.1 Å². The zero-order chi connectivity index (χ0) is 15.7. The molecule has 0 spiro atoms. The fraction of sp³-hybridized carbons (Fsp3) is 0.625. The number of benzene rings is 1. The quantitative estimate of drug-likeness (QED) is 0.916. The van der Waals surface area contributed by atoms with E-state index in [4.69, 9.17) is 0 Å². The molecule has 118 valence electrons. The van der Waals surface area contributed by atoms with Crippen LogP contribution in [0, 0.1) is 0 Å². The lowest BCUT2D eigenvalue weighted by atomic mass is 9.96. The topological polar surface area (TPSA) is 15.3 Å². The van der Waals surface area contributed by atoms with Crippen molar-refractivity contribution in [3.8, 4) is 0 Å². The van der Waals surface area contributed by atoms with Gasteiger partial charge < -0.3 is 5.32 Å². The largest absolute Gasteiger partial charge is 0.416 e. The molecule has 1 aromatic rings. The summed E-state index contributed by atoms with van der Waals surface area (Å²) in [4.78, 5) is 2.28. The average molecular weight is 300 g/mol. The second-order valence-electron chi connectivity index (χ2n) is 6.43. The Hall–Kier alpha value is -1.07. The highest BCUT2D eigenvalue weighted by Gasteiger charge is 2.33. The lowest BCUT2D eigenvalue weighted by Gasteiger charge is -2.44. The number of nitrogens with one attached hydrogen (secondary N) is 1. The van der Waals surface area contributed by atoms with Crippen LogP contribution in [-0.4, -0.2) is 29.6 Å². The van der Waals surface area contributed by atoms with Gasteiger partial charge in [0.15, 0.2) is 0 Å². The van der Waals surface area contributed by atoms with Crippen LogP contribution in [0.25, 0.3) is 0 Å². The summed E-state index contributed by atoms with van der Waals surface area (Å²) in [5.74, 6) is 0. The molecule has 2 rings (SSSR count). The number of hydrogen-bond acceptors (Lipinski definition) is 2. The van der Waals surface area contributed by atoms with Crippen LogP contribution >= 0.6 is 0 Å². The smallest absolute Gasteiger partial charge is 0.309 e. The molecule has 1 fully saturated rings. The molecule has 0 aromatic heterocycles. The number of nitrogens with zero attached hydrogens (tertiary/aromatic N) is 1. The third kappa shape index (κ3) is 4.20. The second kappa shape index (κ2) is 5.97. The minimum atomic E-state index is -4.27. The Balaban J connectivity index is 2.15. The molecule has 1 aliphatic heterocycles. The van der Waals surface area contributed by atoms with Gasteiger partial charge in [-0.05, 0) is 31.9 Å². The van der Waals surface area contributed by atoms with Gasteiger partial charge in [-0.15, -0.1) is 0 Å². The van der Waals surface area contributed by atoms with E-state index < -0.39 is 11.7 Å². The number of hydrogen-bond donors (Lipinski definition) is 1. The van der Waals surface area contributed by atoms with Crippen molar-refractivity contribution in [2.75, 3.05) is 13.1 Å². The van der Waals surface area contributed by atoms with E-state index in [-0.39, 0.29) is 5.54 Å². The highest BCUT2D eigenvalue weighted by Crippen LogP contribution is 2.30. The normalized spacial score (nSPS) is 23.2. The number of alkyl halides is 3. The van der Waals surface area contributed by atoms with Crippen molar-refractivity contribution < 1.29 is 13.2 Å². The Bertz CT molecular complexity index is 483. The summed E-state index contributed by atoms with van der Waals surface area (Å²) in [6.45, 7) is 8.64. The van der Waals surface area contributed by atoms with Gasteiger partial charge in [0.2, 0.25) is 0 Å². The van der Waals surface area contributed by atoms with E-state index in [1.54, 1.807) is 6.07 Å². The Morgan fingerprint density at radius 3 is 2.67 bits per heavy atom. The van der Waals surface area contributed by atoms with Gasteiger partial charge in [-0.1, -0.05) is 25.1 Å². The molecular formula is C16H23F3N2. The van der Waals surface area contributed by atoms with Gasteiger partial charge in [-0.2, -0.15) is 13.2 Å². The lowest BCUT2D eigenvalue weighted by molar-refractivity contribution is -0.137. The second-order valence-corrected chi connectivity index (χ2v) is 6.43. The molecule has 1 aliphatic rings. The van der Waals surface area contributed by atoms with E-state index >= 15 is 0 Å². The first-order valence-electron chi connectivity index (χ1n) is 7.36. The predicted molar refractivity (Wildman–Crippen MR) is 78.0 cm³/mol. The zero-order valence-corrected chi connectivity index (χ0v) is 12.8. The molecule has 2 nitrogen and oxygen atoms in total. The van der Waals surface area contributed by atoms with Gasteiger partial charge in [0.05, 0.1) is 5.56 Å². The minimum Gasteiger partial charge on any atom is -0.309 e. The standard InChI is InChI=1S/C16H23F3N2/c1-4-14-9-20-15(2,3)11-21(14)10-12-6-5-7-13(8-12)16(17,18)19/h5-8,14,20H,4,9-11H2,1-3H3. The highest BCUT2D eigenvalue weighted by molar-refractivity contribution is 5.25. The third-order valence-corrected chi connectivity index (χ3v) is 4.04. The van der Waals surface area contributed by atoms with E-state index in [0.717, 1.165) is 31.1 Å². The lowest BCUT2D eigenvalue weighted by Crippen LogP contribution is -2.60. The highest BCUT2D eigenvalue weighted by atomic mass is 19.4. The van der Waals surface area contributed by atoms with Crippen LogP contribution in [0.3, 0.4) is 0 Å². The van der Waals surface area contributed by atoms with Crippen LogP contribution in [0.2, 0.25) is 0 Å². The molecule has 0 aliphatic carbocycles. The maximum Gasteiger partial charge on any atom is 0.416 e. The number of piperazine rings is 1. The molecule has 1 saturated heterocycles. The predicted octanol–water partition coefficient (Wildman–Crippen LogP) is 3.67. The summed E-state index contributed by atoms with van der Waals surface area (Å²) in [6, 6.07) is 6.03. The maximum absolute atomic E-state index is 12.8. The monoisotopic (exact) mass is 300 g/mol. The van der Waals surface area contributed by atoms with Crippen LogP contribution < -0.4 is 5.32 Å². The molecule has 0 bridgehead atoms. The van der Waals surface area contributed by atoms with Crippen LogP contribution in [0.5, 0.6) is 0 Å². The van der Waals surface area contributed by atoms with Crippen molar-refractivity contribution in [3.63, 3.8) is 0 Å². The Morgan fingerprint density at radius 1 is 1.33 bits per heavy atom. The Morgan fingerprint density at radius 2 is 2.05 bits per heavy atom.